The molecular formula is C23H22ClN3O3S. The number of ketones is 1. The van der Waals surface area contributed by atoms with Crippen LogP contribution in [0.15, 0.2) is 59.6 Å². The Morgan fingerprint density at radius 3 is 2.35 bits per heavy atom. The predicted molar refractivity (Wildman–Crippen MR) is 121 cm³/mol. The maximum atomic E-state index is 12.8. The number of hydrogen-bond donors (Lipinski definition) is 1. The third-order valence-electron chi connectivity index (χ3n) is 5.53. The standard InChI is InChI=1S/C23H22ClN3O3S/c24-18-8-6-17(7-9-18)20-13-26-23(25)22(27-20)21(28)12-15-4-10-19(11-5-15)31(29,30)14-16-2-1-3-16/h4-11,13,16H,1-3,12,14H2,(H2,25,26). The van der Waals surface area contributed by atoms with Crippen molar-refractivity contribution in [2.24, 2.45) is 5.92 Å². The third-order valence-corrected chi connectivity index (χ3v) is 7.68. The summed E-state index contributed by atoms with van der Waals surface area (Å²) in [7, 11) is -3.30. The number of anilines is 1. The Labute approximate surface area is 186 Å². The molecular weight excluding hydrogens is 434 g/mol. The molecule has 1 heterocycles. The van der Waals surface area contributed by atoms with Crippen LogP contribution in [0.25, 0.3) is 11.3 Å². The summed E-state index contributed by atoms with van der Waals surface area (Å²) in [5.74, 6) is 0.226. The highest BCUT2D eigenvalue weighted by molar-refractivity contribution is 7.91. The lowest BCUT2D eigenvalue weighted by atomic mass is 9.87. The smallest absolute Gasteiger partial charge is 0.189 e. The fourth-order valence-electron chi connectivity index (χ4n) is 3.51. The first-order valence-electron chi connectivity index (χ1n) is 10.1. The highest BCUT2D eigenvalue weighted by atomic mass is 35.5. The van der Waals surface area contributed by atoms with Crippen molar-refractivity contribution in [2.75, 3.05) is 11.5 Å². The highest BCUT2D eigenvalue weighted by Crippen LogP contribution is 2.30. The molecule has 1 aliphatic rings. The number of aromatic nitrogens is 2. The van der Waals surface area contributed by atoms with Gasteiger partial charge in [0.15, 0.2) is 21.4 Å². The minimum Gasteiger partial charge on any atom is -0.382 e. The second kappa shape index (κ2) is 8.77. The largest absolute Gasteiger partial charge is 0.382 e. The van der Waals surface area contributed by atoms with E-state index in [0.29, 0.717) is 21.2 Å². The molecule has 0 bridgehead atoms. The van der Waals surface area contributed by atoms with Gasteiger partial charge in [0.1, 0.15) is 5.69 Å². The van der Waals surface area contributed by atoms with Gasteiger partial charge in [-0.15, -0.1) is 0 Å². The van der Waals surface area contributed by atoms with E-state index in [4.69, 9.17) is 17.3 Å². The molecule has 160 valence electrons. The molecule has 1 saturated carbocycles. The molecule has 0 aliphatic heterocycles. The summed E-state index contributed by atoms with van der Waals surface area (Å²) in [5, 5.41) is 0.599. The van der Waals surface area contributed by atoms with E-state index in [-0.39, 0.29) is 35.4 Å². The molecule has 0 spiro atoms. The first-order chi connectivity index (χ1) is 14.8. The molecule has 3 aromatic rings. The molecule has 0 unspecified atom stereocenters. The molecule has 4 rings (SSSR count). The number of carbonyl (C=O) groups excluding carboxylic acids is 1. The van der Waals surface area contributed by atoms with Gasteiger partial charge < -0.3 is 5.73 Å². The monoisotopic (exact) mass is 455 g/mol. The molecule has 6 nitrogen and oxygen atoms in total. The Morgan fingerprint density at radius 2 is 1.74 bits per heavy atom. The van der Waals surface area contributed by atoms with E-state index in [0.717, 1.165) is 24.8 Å². The summed E-state index contributed by atoms with van der Waals surface area (Å²) < 4.78 is 25.0. The van der Waals surface area contributed by atoms with Crippen LogP contribution in [-0.4, -0.2) is 29.9 Å². The van der Waals surface area contributed by atoms with Crippen molar-refractivity contribution in [1.82, 2.24) is 9.97 Å². The zero-order valence-corrected chi connectivity index (χ0v) is 18.4. The minimum atomic E-state index is -3.30. The molecule has 0 atom stereocenters. The van der Waals surface area contributed by atoms with Gasteiger partial charge in [0.05, 0.1) is 22.5 Å². The number of nitrogens with two attached hydrogens (primary N) is 1. The average molecular weight is 456 g/mol. The number of rotatable bonds is 7. The minimum absolute atomic E-state index is 0.0475. The zero-order chi connectivity index (χ0) is 22.0. The van der Waals surface area contributed by atoms with E-state index in [1.807, 2.05) is 0 Å². The zero-order valence-electron chi connectivity index (χ0n) is 16.8. The molecule has 1 fully saturated rings. The van der Waals surface area contributed by atoms with Crippen molar-refractivity contribution in [2.45, 2.75) is 30.6 Å². The lowest BCUT2D eigenvalue weighted by Gasteiger charge is -2.24. The van der Waals surface area contributed by atoms with Gasteiger partial charge in [-0.25, -0.2) is 18.4 Å². The van der Waals surface area contributed by atoms with Crippen LogP contribution in [0.2, 0.25) is 5.02 Å². The van der Waals surface area contributed by atoms with Crippen LogP contribution in [0.5, 0.6) is 0 Å². The maximum Gasteiger partial charge on any atom is 0.189 e. The van der Waals surface area contributed by atoms with Crippen LogP contribution < -0.4 is 5.73 Å². The fraction of sp³-hybridized carbons (Fsp3) is 0.261. The number of halogens is 1. The van der Waals surface area contributed by atoms with Crippen LogP contribution >= 0.6 is 11.6 Å². The molecule has 31 heavy (non-hydrogen) atoms. The lowest BCUT2D eigenvalue weighted by molar-refractivity contribution is 0.0989. The van der Waals surface area contributed by atoms with Crippen molar-refractivity contribution < 1.29 is 13.2 Å². The van der Waals surface area contributed by atoms with Gasteiger partial charge in [-0.2, -0.15) is 0 Å². The predicted octanol–water partition coefficient (Wildman–Crippen LogP) is 4.38. The van der Waals surface area contributed by atoms with Gasteiger partial charge in [0.25, 0.3) is 0 Å². The number of Topliss-reactive ketones (excluding diaryl/α,β-unsaturated/α-hetero) is 1. The van der Waals surface area contributed by atoms with Crippen LogP contribution in [-0.2, 0) is 16.3 Å². The van der Waals surface area contributed by atoms with Crippen LogP contribution in [0, 0.1) is 5.92 Å². The molecule has 0 radical (unpaired) electrons. The second-order valence-corrected chi connectivity index (χ2v) is 10.3. The van der Waals surface area contributed by atoms with Gasteiger partial charge in [-0.1, -0.05) is 42.3 Å². The molecule has 1 aromatic heterocycles. The normalized spacial score (nSPS) is 14.2. The van der Waals surface area contributed by atoms with Gasteiger partial charge in [0, 0.05) is 17.0 Å². The Kier molecular flexibility index (Phi) is 6.07. The number of nitrogens with zero attached hydrogens (tertiary/aromatic N) is 2. The van der Waals surface area contributed by atoms with E-state index in [1.165, 1.54) is 6.20 Å². The Balaban J connectivity index is 1.50. The van der Waals surface area contributed by atoms with E-state index in [2.05, 4.69) is 9.97 Å². The summed E-state index contributed by atoms with van der Waals surface area (Å²) in [5.41, 5.74) is 7.97. The van der Waals surface area contributed by atoms with E-state index in [1.54, 1.807) is 48.5 Å². The molecule has 2 N–H and O–H groups in total. The summed E-state index contributed by atoms with van der Waals surface area (Å²) in [6, 6.07) is 13.5. The summed E-state index contributed by atoms with van der Waals surface area (Å²) in [6.07, 6.45) is 4.61. The van der Waals surface area contributed by atoms with Crippen molar-refractivity contribution in [3.8, 4) is 11.3 Å². The molecule has 0 amide bonds. The van der Waals surface area contributed by atoms with Crippen molar-refractivity contribution in [3.63, 3.8) is 0 Å². The average Bonchev–Trinajstić information content (AvgIpc) is 2.72. The highest BCUT2D eigenvalue weighted by Gasteiger charge is 2.26. The number of nitrogen functional groups attached to an aromatic ring is 1. The second-order valence-electron chi connectivity index (χ2n) is 7.82. The molecule has 0 saturated heterocycles. The van der Waals surface area contributed by atoms with Gasteiger partial charge in [-0.3, -0.25) is 4.79 Å². The third kappa shape index (κ3) is 4.94. The maximum absolute atomic E-state index is 12.8. The van der Waals surface area contributed by atoms with E-state index >= 15 is 0 Å². The Bertz CT molecular complexity index is 1210. The van der Waals surface area contributed by atoms with E-state index < -0.39 is 9.84 Å². The number of carbonyl (C=O) groups is 1. The van der Waals surface area contributed by atoms with E-state index in [9.17, 15) is 13.2 Å². The first kappa shape index (κ1) is 21.5. The summed E-state index contributed by atoms with van der Waals surface area (Å²) >= 11 is 5.92. The van der Waals surface area contributed by atoms with Crippen LogP contribution in [0.1, 0.15) is 35.3 Å². The Hall–Kier alpha value is -2.77. The van der Waals surface area contributed by atoms with Gasteiger partial charge in [0.2, 0.25) is 0 Å². The first-order valence-corrected chi connectivity index (χ1v) is 12.1. The fourth-order valence-corrected chi connectivity index (χ4v) is 5.34. The van der Waals surface area contributed by atoms with Gasteiger partial charge in [-0.05, 0) is 48.6 Å². The lowest BCUT2D eigenvalue weighted by Crippen LogP contribution is -2.22. The van der Waals surface area contributed by atoms with Gasteiger partial charge >= 0.3 is 0 Å². The van der Waals surface area contributed by atoms with Crippen molar-refractivity contribution in [3.05, 3.63) is 71.0 Å². The summed E-state index contributed by atoms with van der Waals surface area (Å²) in [6.45, 7) is 0. The Morgan fingerprint density at radius 1 is 1.06 bits per heavy atom. The number of sulfone groups is 1. The van der Waals surface area contributed by atoms with Crippen molar-refractivity contribution in [1.29, 1.82) is 0 Å². The number of benzene rings is 2. The SMILES string of the molecule is Nc1ncc(-c2ccc(Cl)cc2)nc1C(=O)Cc1ccc(S(=O)(=O)CC2CCC2)cc1. The topological polar surface area (TPSA) is 103 Å². The summed E-state index contributed by atoms with van der Waals surface area (Å²) in [4.78, 5) is 21.6. The number of hydrogen-bond acceptors (Lipinski definition) is 6. The molecule has 2 aromatic carbocycles. The molecule has 8 heteroatoms. The quantitative estimate of drug-likeness (QED) is 0.530. The van der Waals surface area contributed by atoms with Crippen molar-refractivity contribution >= 4 is 33.0 Å². The van der Waals surface area contributed by atoms with Crippen LogP contribution in [0.4, 0.5) is 5.82 Å². The molecule has 1 aliphatic carbocycles. The van der Waals surface area contributed by atoms with Crippen LogP contribution in [0.3, 0.4) is 0 Å².